The molecule has 1 rings (SSSR count). The molecule has 0 saturated heterocycles. The van der Waals surface area contributed by atoms with Crippen molar-refractivity contribution in [3.05, 3.63) is 0 Å². The summed E-state index contributed by atoms with van der Waals surface area (Å²) >= 11 is 0. The largest absolute Gasteiger partial charge is 0.105 e. The van der Waals surface area contributed by atoms with Gasteiger partial charge in [-0.3, -0.25) is 0 Å². The maximum absolute atomic E-state index is 2.42. The van der Waals surface area contributed by atoms with Crippen LogP contribution in [0.5, 0.6) is 0 Å². The lowest BCUT2D eigenvalue weighted by Crippen LogP contribution is -2.10. The van der Waals surface area contributed by atoms with Crippen molar-refractivity contribution in [2.45, 2.75) is 51.8 Å². The highest BCUT2D eigenvalue weighted by atomic mass is 14.2. The molecule has 1 aliphatic rings. The summed E-state index contributed by atoms with van der Waals surface area (Å²) in [6.45, 7) is 4.82. The molecule has 0 heterocycles. The van der Waals surface area contributed by atoms with Crippen molar-refractivity contribution in [3.63, 3.8) is 0 Å². The summed E-state index contributed by atoms with van der Waals surface area (Å²) < 4.78 is 0. The summed E-state index contributed by atoms with van der Waals surface area (Å²) in [7, 11) is 2.41. The number of hydrogen-bond acceptors (Lipinski definition) is 0. The smallest absolute Gasteiger partial charge is 0.0695 e. The van der Waals surface area contributed by atoms with Crippen molar-refractivity contribution >= 4 is 7.85 Å². The quantitative estimate of drug-likeness (QED) is 0.468. The van der Waals surface area contributed by atoms with Gasteiger partial charge in [0.15, 0.2) is 0 Å². The lowest BCUT2D eigenvalue weighted by Gasteiger charge is -2.24. The third-order valence-corrected chi connectivity index (χ3v) is 3.00. The van der Waals surface area contributed by atoms with Crippen LogP contribution in [0.4, 0.5) is 0 Å². The summed E-state index contributed by atoms with van der Waals surface area (Å²) in [6, 6.07) is 0. The lowest BCUT2D eigenvalue weighted by atomic mass is 9.72. The van der Waals surface area contributed by atoms with Crippen LogP contribution in [0.15, 0.2) is 0 Å². The van der Waals surface area contributed by atoms with Crippen LogP contribution in [0.25, 0.3) is 0 Å². The lowest BCUT2D eigenvalue weighted by molar-refractivity contribution is 0.330. The molecule has 0 amide bonds. The Hall–Kier alpha value is 0.0649. The van der Waals surface area contributed by atoms with E-state index >= 15 is 0 Å². The average Bonchev–Trinajstić information content (AvgIpc) is 1.83. The summed E-state index contributed by atoms with van der Waals surface area (Å²) in [4.78, 5) is 0. The van der Waals surface area contributed by atoms with Gasteiger partial charge in [0.2, 0.25) is 0 Å². The maximum atomic E-state index is 2.42. The highest BCUT2D eigenvalue weighted by molar-refractivity contribution is 6.11. The third kappa shape index (κ3) is 3.31. The van der Waals surface area contributed by atoms with Crippen molar-refractivity contribution in [1.82, 2.24) is 0 Å². The molecule has 0 bridgehead atoms. The fourth-order valence-electron chi connectivity index (χ4n) is 2.52. The highest BCUT2D eigenvalue weighted by Gasteiger charge is 2.15. The van der Waals surface area contributed by atoms with E-state index < -0.39 is 0 Å². The van der Waals surface area contributed by atoms with Crippen molar-refractivity contribution in [1.29, 1.82) is 0 Å². The molecule has 0 spiro atoms. The number of hydrogen-bond donors (Lipinski definition) is 0. The van der Waals surface area contributed by atoms with E-state index in [1.54, 1.807) is 0 Å². The Kier molecular flexibility index (Phi) is 3.48. The zero-order valence-electron chi connectivity index (χ0n) is 8.27. The van der Waals surface area contributed by atoms with Crippen molar-refractivity contribution < 1.29 is 0 Å². The summed E-state index contributed by atoms with van der Waals surface area (Å²) in [5, 5.41) is 0. The standard InChI is InChI=1S/C10H21B/c1-8-4-3-5-10(11)7-9(2)6-8/h8-10H,3-7,11H2,1-2H3. The molecule has 0 aromatic carbocycles. The molecule has 3 atom stereocenters. The van der Waals surface area contributed by atoms with Gasteiger partial charge in [-0.2, -0.15) is 0 Å². The second-order valence-electron chi connectivity index (χ2n) is 4.72. The Labute approximate surface area is 72.2 Å². The minimum atomic E-state index is 0.972. The molecular formula is C10H21B. The average molecular weight is 152 g/mol. The molecule has 1 aliphatic carbocycles. The first-order valence-electron chi connectivity index (χ1n) is 5.18. The van der Waals surface area contributed by atoms with Crippen LogP contribution in [0.2, 0.25) is 5.82 Å². The summed E-state index contributed by atoms with van der Waals surface area (Å²) in [6.07, 6.45) is 7.33. The van der Waals surface area contributed by atoms with Crippen LogP contribution in [0.3, 0.4) is 0 Å². The minimum absolute atomic E-state index is 0.972. The van der Waals surface area contributed by atoms with E-state index in [0.717, 1.165) is 17.7 Å². The molecular weight excluding hydrogens is 131 g/mol. The van der Waals surface area contributed by atoms with Gasteiger partial charge < -0.3 is 0 Å². The van der Waals surface area contributed by atoms with Gasteiger partial charge in [-0.25, -0.2) is 0 Å². The van der Waals surface area contributed by atoms with E-state index in [-0.39, 0.29) is 0 Å². The molecule has 0 nitrogen and oxygen atoms in total. The van der Waals surface area contributed by atoms with Gasteiger partial charge in [-0.1, -0.05) is 45.3 Å². The first kappa shape index (κ1) is 9.16. The Morgan fingerprint density at radius 1 is 1.00 bits per heavy atom. The van der Waals surface area contributed by atoms with Gasteiger partial charge in [0, 0.05) is 0 Å². The van der Waals surface area contributed by atoms with Gasteiger partial charge in [0.05, 0.1) is 0 Å². The molecule has 64 valence electrons. The van der Waals surface area contributed by atoms with Crippen molar-refractivity contribution in [2.24, 2.45) is 11.8 Å². The molecule has 0 N–H and O–H groups in total. The Balaban J connectivity index is 2.34. The van der Waals surface area contributed by atoms with E-state index in [9.17, 15) is 0 Å². The van der Waals surface area contributed by atoms with E-state index in [1.807, 2.05) is 0 Å². The van der Waals surface area contributed by atoms with Crippen LogP contribution < -0.4 is 0 Å². The predicted octanol–water partition coefficient (Wildman–Crippen LogP) is 2.64. The van der Waals surface area contributed by atoms with Gasteiger partial charge in [0.25, 0.3) is 0 Å². The fourth-order valence-corrected chi connectivity index (χ4v) is 2.52. The molecule has 1 saturated carbocycles. The van der Waals surface area contributed by atoms with Crippen LogP contribution in [0, 0.1) is 11.8 Å². The van der Waals surface area contributed by atoms with Crippen LogP contribution in [-0.4, -0.2) is 7.85 Å². The van der Waals surface area contributed by atoms with Gasteiger partial charge in [-0.15, -0.1) is 0 Å². The highest BCUT2D eigenvalue weighted by Crippen LogP contribution is 2.30. The summed E-state index contributed by atoms with van der Waals surface area (Å²) in [5.41, 5.74) is 0. The van der Waals surface area contributed by atoms with Gasteiger partial charge in [-0.05, 0) is 18.3 Å². The monoisotopic (exact) mass is 152 g/mol. The first-order chi connectivity index (χ1) is 5.18. The molecule has 0 aliphatic heterocycles. The Morgan fingerprint density at radius 2 is 1.73 bits per heavy atom. The van der Waals surface area contributed by atoms with Crippen LogP contribution in [-0.2, 0) is 0 Å². The van der Waals surface area contributed by atoms with Gasteiger partial charge in [0.1, 0.15) is 7.85 Å². The van der Waals surface area contributed by atoms with Crippen molar-refractivity contribution in [2.75, 3.05) is 0 Å². The zero-order chi connectivity index (χ0) is 8.27. The molecule has 0 radical (unpaired) electrons. The second kappa shape index (κ2) is 4.18. The molecule has 11 heavy (non-hydrogen) atoms. The predicted molar refractivity (Wildman–Crippen MR) is 53.7 cm³/mol. The second-order valence-corrected chi connectivity index (χ2v) is 4.72. The van der Waals surface area contributed by atoms with Gasteiger partial charge >= 0.3 is 0 Å². The normalized spacial score (nSPS) is 41.1. The Morgan fingerprint density at radius 3 is 2.45 bits per heavy atom. The molecule has 0 aromatic heterocycles. The fraction of sp³-hybridized carbons (Fsp3) is 1.00. The van der Waals surface area contributed by atoms with E-state index in [2.05, 4.69) is 21.7 Å². The maximum Gasteiger partial charge on any atom is 0.105 e. The molecule has 1 fully saturated rings. The van der Waals surface area contributed by atoms with Crippen LogP contribution in [0.1, 0.15) is 46.0 Å². The topological polar surface area (TPSA) is 0 Å². The molecule has 1 heteroatoms. The third-order valence-electron chi connectivity index (χ3n) is 3.00. The SMILES string of the molecule is BC1CCCC(C)CC(C)C1. The van der Waals surface area contributed by atoms with Crippen LogP contribution >= 0.6 is 0 Å². The van der Waals surface area contributed by atoms with E-state index in [1.165, 1.54) is 32.1 Å². The zero-order valence-corrected chi connectivity index (χ0v) is 8.27. The van der Waals surface area contributed by atoms with E-state index in [0.29, 0.717) is 0 Å². The Bertz CT molecular complexity index is 99.4. The van der Waals surface area contributed by atoms with E-state index in [4.69, 9.17) is 0 Å². The van der Waals surface area contributed by atoms with Crippen molar-refractivity contribution in [3.8, 4) is 0 Å². The molecule has 3 unspecified atom stereocenters. The molecule has 0 aromatic rings. The first-order valence-corrected chi connectivity index (χ1v) is 5.18. The number of rotatable bonds is 0. The summed E-state index contributed by atoms with van der Waals surface area (Å²) in [5.74, 6) is 2.94. The minimum Gasteiger partial charge on any atom is -0.0695 e.